The molecule has 1 aliphatic heterocycles. The molecule has 8 heteroatoms. The molecular weight excluding hydrogens is 364 g/mol. The van der Waals surface area contributed by atoms with Gasteiger partial charge in [-0.2, -0.15) is 0 Å². The van der Waals surface area contributed by atoms with Crippen LogP contribution in [0.25, 0.3) is 11.0 Å². The van der Waals surface area contributed by atoms with Gasteiger partial charge in [0.25, 0.3) is 0 Å². The number of piperidine rings is 1. The molecule has 1 fully saturated rings. The monoisotopic (exact) mass is 384 g/mol. The van der Waals surface area contributed by atoms with Crippen molar-refractivity contribution in [2.75, 3.05) is 30.3 Å². The summed E-state index contributed by atoms with van der Waals surface area (Å²) < 4.78 is 0. The molecule has 2 aromatic heterocycles. The molecule has 0 aliphatic carbocycles. The van der Waals surface area contributed by atoms with Crippen LogP contribution < -0.4 is 10.6 Å². The first-order chi connectivity index (χ1) is 13.2. The van der Waals surface area contributed by atoms with Crippen LogP contribution in [0.2, 0.25) is 5.02 Å². The zero-order chi connectivity index (χ0) is 18.6. The van der Waals surface area contributed by atoms with Gasteiger partial charge in [0.15, 0.2) is 0 Å². The lowest BCUT2D eigenvalue weighted by Crippen LogP contribution is -2.47. The van der Waals surface area contributed by atoms with Crippen LogP contribution in [0.4, 0.5) is 11.5 Å². The second kappa shape index (κ2) is 7.84. The Hall–Kier alpha value is -2.80. The smallest absolute Gasteiger partial charge is 0.241 e. The van der Waals surface area contributed by atoms with Crippen molar-refractivity contribution < 1.29 is 4.79 Å². The minimum Gasteiger partial charge on any atom is -0.376 e. The number of nitrogens with zero attached hydrogens (tertiary/aromatic N) is 3. The fourth-order valence-electron chi connectivity index (χ4n) is 3.36. The van der Waals surface area contributed by atoms with Crippen LogP contribution in [0.3, 0.4) is 0 Å². The molecule has 0 bridgehead atoms. The van der Waals surface area contributed by atoms with E-state index < -0.39 is 0 Å². The number of hydrogen-bond acceptors (Lipinski definition) is 5. The third kappa shape index (κ3) is 4.14. The van der Waals surface area contributed by atoms with E-state index in [-0.39, 0.29) is 18.5 Å². The molecule has 7 nitrogen and oxygen atoms in total. The lowest BCUT2D eigenvalue weighted by atomic mass is 10.1. The van der Waals surface area contributed by atoms with Gasteiger partial charge in [-0.25, -0.2) is 9.97 Å². The Morgan fingerprint density at radius 3 is 2.96 bits per heavy atom. The summed E-state index contributed by atoms with van der Waals surface area (Å²) in [7, 11) is 0. The molecule has 27 heavy (non-hydrogen) atoms. The largest absolute Gasteiger partial charge is 0.376 e. The average molecular weight is 385 g/mol. The number of fused-ring (bicyclic) bond motifs is 1. The first-order valence-electron chi connectivity index (χ1n) is 9.01. The van der Waals surface area contributed by atoms with E-state index in [9.17, 15) is 4.79 Å². The number of anilines is 2. The summed E-state index contributed by atoms with van der Waals surface area (Å²) in [5, 5.41) is 8.28. The van der Waals surface area contributed by atoms with E-state index in [1.807, 2.05) is 29.3 Å². The van der Waals surface area contributed by atoms with Gasteiger partial charge in [0.1, 0.15) is 17.8 Å². The minimum absolute atomic E-state index is 0.0888. The van der Waals surface area contributed by atoms with Crippen molar-refractivity contribution in [3.8, 4) is 0 Å². The number of hydrogen-bond donors (Lipinski definition) is 3. The van der Waals surface area contributed by atoms with E-state index in [1.54, 1.807) is 18.5 Å². The van der Waals surface area contributed by atoms with E-state index in [1.165, 1.54) is 0 Å². The molecule has 1 aliphatic rings. The summed E-state index contributed by atoms with van der Waals surface area (Å²) in [4.78, 5) is 26.1. The van der Waals surface area contributed by atoms with Gasteiger partial charge in [-0.05, 0) is 43.2 Å². The first kappa shape index (κ1) is 17.6. The fraction of sp³-hybridized carbons (Fsp3) is 0.316. The summed E-state index contributed by atoms with van der Waals surface area (Å²) in [6.45, 7) is 1.71. The Kier molecular flexibility index (Phi) is 5.11. The summed E-state index contributed by atoms with van der Waals surface area (Å²) in [5.41, 5.74) is 1.69. The molecule has 0 unspecified atom stereocenters. The highest BCUT2D eigenvalue weighted by Crippen LogP contribution is 2.21. The number of halogens is 1. The Labute approximate surface area is 162 Å². The second-order valence-corrected chi connectivity index (χ2v) is 7.08. The van der Waals surface area contributed by atoms with Gasteiger partial charge in [0.05, 0.1) is 11.9 Å². The van der Waals surface area contributed by atoms with Crippen molar-refractivity contribution in [3.63, 3.8) is 0 Å². The van der Waals surface area contributed by atoms with Crippen molar-refractivity contribution >= 4 is 40.0 Å². The molecule has 1 atom stereocenters. The number of carbonyl (C=O) groups is 1. The minimum atomic E-state index is 0.0888. The fourth-order valence-corrected chi connectivity index (χ4v) is 3.49. The van der Waals surface area contributed by atoms with Gasteiger partial charge in [0.2, 0.25) is 5.91 Å². The van der Waals surface area contributed by atoms with Crippen LogP contribution in [0, 0.1) is 0 Å². The van der Waals surface area contributed by atoms with E-state index in [0.717, 1.165) is 41.9 Å². The van der Waals surface area contributed by atoms with Crippen LogP contribution in [0.1, 0.15) is 12.8 Å². The van der Waals surface area contributed by atoms with Gasteiger partial charge in [-0.15, -0.1) is 0 Å². The van der Waals surface area contributed by atoms with E-state index in [2.05, 4.69) is 25.6 Å². The van der Waals surface area contributed by atoms with Gasteiger partial charge in [-0.3, -0.25) is 4.79 Å². The normalized spacial score (nSPS) is 17.1. The molecular formula is C19H21ClN6O. The molecule has 0 radical (unpaired) electrons. The Bertz CT molecular complexity index is 925. The van der Waals surface area contributed by atoms with E-state index >= 15 is 0 Å². The van der Waals surface area contributed by atoms with Gasteiger partial charge < -0.3 is 20.5 Å². The number of aromatic nitrogens is 3. The SMILES string of the molecule is O=C(CNc1ccc(Cl)cc1)N1CCC[C@@H](Nc2ncnc3[nH]ccc23)C1. The van der Waals surface area contributed by atoms with Crippen LogP contribution >= 0.6 is 11.6 Å². The molecule has 0 saturated carbocycles. The van der Waals surface area contributed by atoms with E-state index in [4.69, 9.17) is 11.6 Å². The first-order valence-corrected chi connectivity index (χ1v) is 9.39. The number of aromatic amines is 1. The Morgan fingerprint density at radius 1 is 1.26 bits per heavy atom. The number of nitrogens with one attached hydrogen (secondary N) is 3. The maximum Gasteiger partial charge on any atom is 0.241 e. The maximum absolute atomic E-state index is 12.6. The lowest BCUT2D eigenvalue weighted by Gasteiger charge is -2.33. The summed E-state index contributed by atoms with van der Waals surface area (Å²) in [6, 6.07) is 9.48. The highest BCUT2D eigenvalue weighted by molar-refractivity contribution is 6.30. The second-order valence-electron chi connectivity index (χ2n) is 6.65. The molecule has 140 valence electrons. The lowest BCUT2D eigenvalue weighted by molar-refractivity contribution is -0.130. The molecule has 3 heterocycles. The molecule has 4 rings (SSSR count). The number of rotatable bonds is 5. The van der Waals surface area contributed by atoms with Crippen molar-refractivity contribution in [2.24, 2.45) is 0 Å². The van der Waals surface area contributed by atoms with Crippen LogP contribution in [-0.4, -0.2) is 51.4 Å². The summed E-state index contributed by atoms with van der Waals surface area (Å²) in [5.74, 6) is 0.894. The Balaban J connectivity index is 1.35. The van der Waals surface area contributed by atoms with Crippen LogP contribution in [0.15, 0.2) is 42.9 Å². The molecule has 1 saturated heterocycles. The summed E-state index contributed by atoms with van der Waals surface area (Å²) in [6.07, 6.45) is 5.36. The highest BCUT2D eigenvalue weighted by atomic mass is 35.5. The zero-order valence-corrected chi connectivity index (χ0v) is 15.5. The number of benzene rings is 1. The summed E-state index contributed by atoms with van der Waals surface area (Å²) >= 11 is 5.89. The molecule has 3 aromatic rings. The van der Waals surface area contributed by atoms with Crippen molar-refractivity contribution in [3.05, 3.63) is 47.9 Å². The van der Waals surface area contributed by atoms with Crippen molar-refractivity contribution in [1.29, 1.82) is 0 Å². The Morgan fingerprint density at radius 2 is 2.11 bits per heavy atom. The van der Waals surface area contributed by atoms with Crippen molar-refractivity contribution in [2.45, 2.75) is 18.9 Å². The van der Waals surface area contributed by atoms with Crippen LogP contribution in [-0.2, 0) is 4.79 Å². The maximum atomic E-state index is 12.6. The molecule has 1 amide bonds. The van der Waals surface area contributed by atoms with Gasteiger partial charge in [-0.1, -0.05) is 11.6 Å². The van der Waals surface area contributed by atoms with Crippen molar-refractivity contribution in [1.82, 2.24) is 19.9 Å². The van der Waals surface area contributed by atoms with Gasteiger partial charge >= 0.3 is 0 Å². The van der Waals surface area contributed by atoms with E-state index in [0.29, 0.717) is 11.6 Å². The quantitative estimate of drug-likeness (QED) is 0.629. The zero-order valence-electron chi connectivity index (χ0n) is 14.8. The molecule has 1 aromatic carbocycles. The third-order valence-electron chi connectivity index (χ3n) is 4.76. The molecule has 3 N–H and O–H groups in total. The standard InChI is InChI=1S/C19H21ClN6O/c20-13-3-5-14(6-4-13)22-10-17(27)26-9-1-2-15(11-26)25-19-16-7-8-21-18(16)23-12-24-19/h3-8,12,15,22H,1-2,9-11H2,(H2,21,23,24,25)/t15-/m1/s1. The number of likely N-dealkylation sites (tertiary alicyclic amines) is 1. The molecule has 0 spiro atoms. The number of carbonyl (C=O) groups excluding carboxylic acids is 1. The van der Waals surface area contributed by atoms with Gasteiger partial charge in [0, 0.05) is 36.0 Å². The predicted octanol–water partition coefficient (Wildman–Crippen LogP) is 3.13. The highest BCUT2D eigenvalue weighted by Gasteiger charge is 2.24. The van der Waals surface area contributed by atoms with Crippen LogP contribution in [0.5, 0.6) is 0 Å². The third-order valence-corrected chi connectivity index (χ3v) is 5.01. The number of amides is 1. The average Bonchev–Trinajstić information content (AvgIpc) is 3.17. The number of H-pyrrole nitrogens is 1. The predicted molar refractivity (Wildman–Crippen MR) is 107 cm³/mol. The topological polar surface area (TPSA) is 85.9 Å².